The van der Waals surface area contributed by atoms with E-state index in [1.54, 1.807) is 56.3 Å². The Labute approximate surface area is 168 Å². The largest absolute Gasteiger partial charge is 0.350 e. The minimum Gasteiger partial charge on any atom is -0.350 e. The average molecular weight is 407 g/mol. The third-order valence-corrected chi connectivity index (χ3v) is 4.42. The minimum absolute atomic E-state index is 0.124. The Morgan fingerprint density at radius 3 is 2.33 bits per heavy atom. The van der Waals surface area contributed by atoms with Crippen LogP contribution in [-0.4, -0.2) is 24.1 Å². The Bertz CT molecular complexity index is 866. The first-order chi connectivity index (χ1) is 12.8. The van der Waals surface area contributed by atoms with Crippen LogP contribution in [0.5, 0.6) is 0 Å². The molecular weight excluding hydrogens is 387 g/mol. The van der Waals surface area contributed by atoms with Gasteiger partial charge in [0.15, 0.2) is 5.78 Å². The zero-order chi connectivity index (χ0) is 20.0. The van der Waals surface area contributed by atoms with Gasteiger partial charge in [-0.05, 0) is 29.8 Å². The summed E-state index contributed by atoms with van der Waals surface area (Å²) in [6.07, 6.45) is 0. The van der Waals surface area contributed by atoms with E-state index in [1.807, 2.05) is 0 Å². The SMILES string of the molecule is CC(C)C(=O)NCC(=O)NCc1ccc(Cl)cc1C(=O)c1ccccc1Cl. The maximum Gasteiger partial charge on any atom is 0.239 e. The molecule has 0 saturated heterocycles. The predicted octanol–water partition coefficient (Wildman–Crippen LogP) is 3.61. The molecule has 0 fully saturated rings. The molecule has 0 saturated carbocycles. The van der Waals surface area contributed by atoms with Crippen LogP contribution in [-0.2, 0) is 16.1 Å². The van der Waals surface area contributed by atoms with Crippen molar-refractivity contribution in [2.24, 2.45) is 5.92 Å². The standard InChI is InChI=1S/C20H20Cl2N2O3/c1-12(2)20(27)24-11-18(25)23-10-13-7-8-14(21)9-16(13)19(26)15-5-3-4-6-17(15)22/h3-9,12H,10-11H2,1-2H3,(H,23,25)(H,24,27). The Morgan fingerprint density at radius 1 is 0.963 bits per heavy atom. The van der Waals surface area contributed by atoms with Gasteiger partial charge in [-0.1, -0.05) is 55.2 Å². The van der Waals surface area contributed by atoms with Crippen molar-refractivity contribution < 1.29 is 14.4 Å². The van der Waals surface area contributed by atoms with Crippen molar-refractivity contribution in [3.63, 3.8) is 0 Å². The maximum absolute atomic E-state index is 12.9. The summed E-state index contributed by atoms with van der Waals surface area (Å²) in [5, 5.41) is 5.98. The smallest absolute Gasteiger partial charge is 0.239 e. The van der Waals surface area contributed by atoms with Crippen molar-refractivity contribution in [3.05, 3.63) is 69.2 Å². The minimum atomic E-state index is -0.352. The second-order valence-corrected chi connectivity index (χ2v) is 7.10. The zero-order valence-corrected chi connectivity index (χ0v) is 16.5. The molecule has 5 nitrogen and oxygen atoms in total. The lowest BCUT2D eigenvalue weighted by Gasteiger charge is -2.12. The van der Waals surface area contributed by atoms with Crippen molar-refractivity contribution in [3.8, 4) is 0 Å². The summed E-state index contributed by atoms with van der Waals surface area (Å²) in [5.74, 6) is -1.03. The van der Waals surface area contributed by atoms with E-state index in [-0.39, 0.29) is 36.6 Å². The lowest BCUT2D eigenvalue weighted by molar-refractivity contribution is -0.127. The number of amides is 2. The Hall–Kier alpha value is -2.37. The van der Waals surface area contributed by atoms with Gasteiger partial charge in [0.1, 0.15) is 0 Å². The molecule has 0 spiro atoms. The highest BCUT2D eigenvalue weighted by Gasteiger charge is 2.17. The number of halogens is 2. The van der Waals surface area contributed by atoms with Crippen LogP contribution in [0, 0.1) is 5.92 Å². The molecule has 0 bridgehead atoms. The van der Waals surface area contributed by atoms with Crippen LogP contribution < -0.4 is 10.6 Å². The number of hydrogen-bond donors (Lipinski definition) is 2. The molecule has 0 heterocycles. The summed E-state index contributed by atoms with van der Waals surface area (Å²) in [6.45, 7) is 3.48. The lowest BCUT2D eigenvalue weighted by atomic mass is 9.98. The van der Waals surface area contributed by atoms with Crippen molar-refractivity contribution in [1.29, 1.82) is 0 Å². The van der Waals surface area contributed by atoms with E-state index in [0.29, 0.717) is 26.7 Å². The van der Waals surface area contributed by atoms with Gasteiger partial charge in [-0.15, -0.1) is 0 Å². The van der Waals surface area contributed by atoms with Crippen LogP contribution in [0.2, 0.25) is 10.0 Å². The third-order valence-electron chi connectivity index (χ3n) is 3.86. The summed E-state index contributed by atoms with van der Waals surface area (Å²) in [5.41, 5.74) is 1.33. The van der Waals surface area contributed by atoms with Crippen LogP contribution in [0.25, 0.3) is 0 Å². The molecule has 0 aliphatic carbocycles. The molecule has 7 heteroatoms. The molecule has 2 N–H and O–H groups in total. The molecule has 27 heavy (non-hydrogen) atoms. The third kappa shape index (κ3) is 5.81. The highest BCUT2D eigenvalue weighted by Crippen LogP contribution is 2.23. The van der Waals surface area contributed by atoms with Gasteiger partial charge >= 0.3 is 0 Å². The quantitative estimate of drug-likeness (QED) is 0.689. The van der Waals surface area contributed by atoms with Gasteiger partial charge in [0, 0.05) is 28.6 Å². The van der Waals surface area contributed by atoms with E-state index in [1.165, 1.54) is 0 Å². The number of carbonyl (C=O) groups excluding carboxylic acids is 3. The maximum atomic E-state index is 12.9. The van der Waals surface area contributed by atoms with Crippen molar-refractivity contribution in [2.45, 2.75) is 20.4 Å². The van der Waals surface area contributed by atoms with Crippen LogP contribution >= 0.6 is 23.2 Å². The van der Waals surface area contributed by atoms with E-state index in [9.17, 15) is 14.4 Å². The van der Waals surface area contributed by atoms with Crippen LogP contribution in [0.4, 0.5) is 0 Å². The topological polar surface area (TPSA) is 75.3 Å². The molecule has 2 aromatic rings. The summed E-state index contributed by atoms with van der Waals surface area (Å²) in [7, 11) is 0. The Morgan fingerprint density at radius 2 is 1.67 bits per heavy atom. The molecule has 2 aromatic carbocycles. The molecule has 0 aliphatic rings. The first-order valence-electron chi connectivity index (χ1n) is 8.41. The van der Waals surface area contributed by atoms with Crippen LogP contribution in [0.15, 0.2) is 42.5 Å². The summed E-state index contributed by atoms with van der Waals surface area (Å²) < 4.78 is 0. The highest BCUT2D eigenvalue weighted by atomic mass is 35.5. The Kier molecular flexibility index (Phi) is 7.39. The number of hydrogen-bond acceptors (Lipinski definition) is 3. The molecule has 0 aliphatic heterocycles. The second-order valence-electron chi connectivity index (χ2n) is 6.26. The number of carbonyl (C=O) groups is 3. The first-order valence-corrected chi connectivity index (χ1v) is 9.17. The van der Waals surface area contributed by atoms with E-state index in [0.717, 1.165) is 0 Å². The fraction of sp³-hybridized carbons (Fsp3) is 0.250. The van der Waals surface area contributed by atoms with E-state index in [4.69, 9.17) is 23.2 Å². The van der Waals surface area contributed by atoms with Gasteiger partial charge in [0.25, 0.3) is 0 Å². The van der Waals surface area contributed by atoms with Gasteiger partial charge < -0.3 is 10.6 Å². The fourth-order valence-electron chi connectivity index (χ4n) is 2.33. The number of nitrogens with one attached hydrogen (secondary N) is 2. The summed E-state index contributed by atoms with van der Waals surface area (Å²) in [4.78, 5) is 36.3. The van der Waals surface area contributed by atoms with E-state index < -0.39 is 0 Å². The van der Waals surface area contributed by atoms with Crippen molar-refractivity contribution in [2.75, 3.05) is 6.54 Å². The summed E-state index contributed by atoms with van der Waals surface area (Å²) in [6, 6.07) is 11.6. The summed E-state index contributed by atoms with van der Waals surface area (Å²) >= 11 is 12.2. The molecule has 2 amide bonds. The normalized spacial score (nSPS) is 10.6. The van der Waals surface area contributed by atoms with Gasteiger partial charge in [-0.25, -0.2) is 0 Å². The second kappa shape index (κ2) is 9.53. The molecule has 0 aromatic heterocycles. The van der Waals surface area contributed by atoms with Crippen molar-refractivity contribution >= 4 is 40.8 Å². The zero-order valence-electron chi connectivity index (χ0n) is 15.0. The molecule has 0 radical (unpaired) electrons. The molecule has 2 rings (SSSR count). The van der Waals surface area contributed by atoms with Gasteiger partial charge in [-0.3, -0.25) is 14.4 Å². The molecule has 0 unspecified atom stereocenters. The lowest BCUT2D eigenvalue weighted by Crippen LogP contribution is -2.38. The van der Waals surface area contributed by atoms with Gasteiger partial charge in [-0.2, -0.15) is 0 Å². The number of benzene rings is 2. The number of ketones is 1. The molecule has 142 valence electrons. The Balaban J connectivity index is 2.12. The molecular formula is C20H20Cl2N2O3. The fourth-order valence-corrected chi connectivity index (χ4v) is 2.73. The van der Waals surface area contributed by atoms with Gasteiger partial charge in [0.05, 0.1) is 11.6 Å². The van der Waals surface area contributed by atoms with Gasteiger partial charge in [0.2, 0.25) is 11.8 Å². The van der Waals surface area contributed by atoms with Crippen LogP contribution in [0.3, 0.4) is 0 Å². The predicted molar refractivity (Wildman–Crippen MR) is 106 cm³/mol. The van der Waals surface area contributed by atoms with Crippen molar-refractivity contribution in [1.82, 2.24) is 10.6 Å². The van der Waals surface area contributed by atoms with E-state index >= 15 is 0 Å². The first kappa shape index (κ1) is 20.9. The molecule has 0 atom stereocenters. The monoisotopic (exact) mass is 406 g/mol. The average Bonchev–Trinajstić information content (AvgIpc) is 2.64. The highest BCUT2D eigenvalue weighted by molar-refractivity contribution is 6.35. The van der Waals surface area contributed by atoms with E-state index in [2.05, 4.69) is 10.6 Å². The number of rotatable bonds is 7. The van der Waals surface area contributed by atoms with Crippen LogP contribution in [0.1, 0.15) is 35.3 Å².